The Bertz CT molecular complexity index is 631. The van der Waals surface area contributed by atoms with E-state index in [0.29, 0.717) is 18.9 Å². The van der Waals surface area contributed by atoms with Crippen LogP contribution in [0.15, 0.2) is 23.1 Å². The van der Waals surface area contributed by atoms with E-state index in [2.05, 4.69) is 0 Å². The lowest BCUT2D eigenvalue weighted by molar-refractivity contribution is 0.0696. The monoisotopic (exact) mass is 303 g/mol. The van der Waals surface area contributed by atoms with Gasteiger partial charge in [0, 0.05) is 13.1 Å². The van der Waals surface area contributed by atoms with E-state index in [1.807, 2.05) is 0 Å². The summed E-state index contributed by atoms with van der Waals surface area (Å²) in [6.45, 7) is 0.127. The summed E-state index contributed by atoms with van der Waals surface area (Å²) >= 11 is 0. The van der Waals surface area contributed by atoms with Gasteiger partial charge in [0.25, 0.3) is 0 Å². The van der Waals surface area contributed by atoms with E-state index in [9.17, 15) is 22.7 Å². The van der Waals surface area contributed by atoms with Crippen LogP contribution in [-0.2, 0) is 10.0 Å². The van der Waals surface area contributed by atoms with Gasteiger partial charge >= 0.3 is 5.97 Å². The van der Waals surface area contributed by atoms with Gasteiger partial charge in [-0.2, -0.15) is 4.31 Å². The van der Waals surface area contributed by atoms with E-state index in [1.165, 1.54) is 0 Å². The fourth-order valence-corrected chi connectivity index (χ4v) is 3.68. The number of sulfonamides is 1. The van der Waals surface area contributed by atoms with Crippen LogP contribution in [0.5, 0.6) is 0 Å². The molecule has 0 saturated carbocycles. The number of rotatable bonds is 3. The third kappa shape index (κ3) is 2.82. The molecule has 1 atom stereocenters. The van der Waals surface area contributed by atoms with Gasteiger partial charge in [0.05, 0.1) is 11.7 Å². The van der Waals surface area contributed by atoms with Crippen LogP contribution in [0.3, 0.4) is 0 Å². The molecule has 6 nitrogen and oxygen atoms in total. The zero-order valence-electron chi connectivity index (χ0n) is 10.5. The molecule has 1 aliphatic rings. The van der Waals surface area contributed by atoms with Gasteiger partial charge < -0.3 is 10.2 Å². The first kappa shape index (κ1) is 14.9. The molecule has 1 aromatic rings. The predicted octanol–water partition coefficient (Wildman–Crippen LogP) is 0.669. The summed E-state index contributed by atoms with van der Waals surface area (Å²) in [6, 6.07) is 2.66. The van der Waals surface area contributed by atoms with E-state index < -0.39 is 32.8 Å². The fourth-order valence-electron chi connectivity index (χ4n) is 2.12. The Labute approximate surface area is 115 Å². The highest BCUT2D eigenvalue weighted by Gasteiger charge is 2.31. The van der Waals surface area contributed by atoms with Gasteiger partial charge in [-0.15, -0.1) is 0 Å². The highest BCUT2D eigenvalue weighted by molar-refractivity contribution is 7.89. The topological polar surface area (TPSA) is 94.9 Å². The first-order chi connectivity index (χ1) is 9.32. The number of hydrogen-bond acceptors (Lipinski definition) is 4. The SMILES string of the molecule is O=C(O)c1ccc(S(=O)(=O)N2CCCC(O)C2)c(F)c1. The second kappa shape index (κ2) is 5.47. The number of aromatic carboxylic acids is 1. The molecule has 1 fully saturated rings. The maximum absolute atomic E-state index is 13.8. The molecule has 1 heterocycles. The summed E-state index contributed by atoms with van der Waals surface area (Å²) in [5.41, 5.74) is -0.319. The lowest BCUT2D eigenvalue weighted by Crippen LogP contribution is -2.42. The normalized spacial score (nSPS) is 20.8. The van der Waals surface area contributed by atoms with Crippen molar-refractivity contribution in [3.05, 3.63) is 29.6 Å². The number of carboxylic acids is 1. The molecule has 0 spiro atoms. The Morgan fingerprint density at radius 3 is 2.65 bits per heavy atom. The Kier molecular flexibility index (Phi) is 4.07. The van der Waals surface area contributed by atoms with E-state index in [1.54, 1.807) is 0 Å². The number of aliphatic hydroxyl groups excluding tert-OH is 1. The van der Waals surface area contributed by atoms with Crippen LogP contribution in [0, 0.1) is 5.82 Å². The molecule has 0 amide bonds. The van der Waals surface area contributed by atoms with Crippen molar-refractivity contribution >= 4 is 16.0 Å². The molecule has 1 aliphatic heterocycles. The Balaban J connectivity index is 2.36. The Morgan fingerprint density at radius 2 is 2.10 bits per heavy atom. The van der Waals surface area contributed by atoms with Crippen molar-refractivity contribution in [3.63, 3.8) is 0 Å². The molecule has 1 aromatic carbocycles. The van der Waals surface area contributed by atoms with Crippen LogP contribution in [0.4, 0.5) is 4.39 Å². The van der Waals surface area contributed by atoms with Gasteiger partial charge in [-0.25, -0.2) is 17.6 Å². The van der Waals surface area contributed by atoms with E-state index in [0.717, 1.165) is 16.4 Å². The molecule has 0 radical (unpaired) electrons. The van der Waals surface area contributed by atoms with Gasteiger partial charge in [0.1, 0.15) is 10.7 Å². The van der Waals surface area contributed by atoms with Crippen LogP contribution >= 0.6 is 0 Å². The average Bonchev–Trinajstić information content (AvgIpc) is 2.38. The van der Waals surface area contributed by atoms with Crippen LogP contribution in [0.25, 0.3) is 0 Å². The van der Waals surface area contributed by atoms with Crippen LogP contribution in [0.2, 0.25) is 0 Å². The number of hydrogen-bond donors (Lipinski definition) is 2. The number of carbonyl (C=O) groups is 1. The molecular formula is C12H14FNO5S. The molecule has 0 bridgehead atoms. The van der Waals surface area contributed by atoms with Gasteiger partial charge in [-0.3, -0.25) is 0 Å². The first-order valence-corrected chi connectivity index (χ1v) is 7.47. The standard InChI is InChI=1S/C12H14FNO5S/c13-10-6-8(12(16)17)3-4-11(10)20(18,19)14-5-1-2-9(15)7-14/h3-4,6,9,15H,1-2,5,7H2,(H,16,17). The molecule has 1 unspecified atom stereocenters. The summed E-state index contributed by atoms with van der Waals surface area (Å²) in [5.74, 6) is -2.44. The molecule has 110 valence electrons. The number of nitrogens with zero attached hydrogens (tertiary/aromatic N) is 1. The minimum absolute atomic E-state index is 0.0809. The summed E-state index contributed by atoms with van der Waals surface area (Å²) in [6.07, 6.45) is 0.238. The minimum atomic E-state index is -4.06. The maximum atomic E-state index is 13.8. The number of β-amino-alcohol motifs (C(OH)–C–C–N with tert-alkyl or cyclic N) is 1. The second-order valence-electron chi connectivity index (χ2n) is 4.61. The minimum Gasteiger partial charge on any atom is -0.478 e. The Hall–Kier alpha value is -1.51. The van der Waals surface area contributed by atoms with Gasteiger partial charge in [-0.05, 0) is 31.0 Å². The van der Waals surface area contributed by atoms with Crippen molar-refractivity contribution in [1.82, 2.24) is 4.31 Å². The van der Waals surface area contributed by atoms with Crippen molar-refractivity contribution in [2.24, 2.45) is 0 Å². The van der Waals surface area contributed by atoms with Crippen molar-refractivity contribution in [2.75, 3.05) is 13.1 Å². The second-order valence-corrected chi connectivity index (χ2v) is 6.52. The van der Waals surface area contributed by atoms with Crippen LogP contribution in [0.1, 0.15) is 23.2 Å². The predicted molar refractivity (Wildman–Crippen MR) is 67.4 cm³/mol. The highest BCUT2D eigenvalue weighted by atomic mass is 32.2. The molecule has 1 saturated heterocycles. The van der Waals surface area contributed by atoms with Gasteiger partial charge in [0.15, 0.2) is 0 Å². The summed E-state index contributed by atoms with van der Waals surface area (Å²) in [7, 11) is -4.06. The quantitative estimate of drug-likeness (QED) is 0.856. The lowest BCUT2D eigenvalue weighted by atomic mass is 10.1. The number of piperidine rings is 1. The van der Waals surface area contributed by atoms with E-state index in [4.69, 9.17) is 5.11 Å². The highest BCUT2D eigenvalue weighted by Crippen LogP contribution is 2.23. The smallest absolute Gasteiger partial charge is 0.335 e. The average molecular weight is 303 g/mol. The van der Waals surface area contributed by atoms with E-state index in [-0.39, 0.29) is 18.7 Å². The van der Waals surface area contributed by atoms with Crippen LogP contribution in [-0.4, -0.2) is 48.1 Å². The van der Waals surface area contributed by atoms with Gasteiger partial charge in [0.2, 0.25) is 10.0 Å². The molecular weight excluding hydrogens is 289 g/mol. The third-order valence-electron chi connectivity index (χ3n) is 3.16. The molecule has 2 rings (SSSR count). The van der Waals surface area contributed by atoms with Crippen molar-refractivity contribution in [2.45, 2.75) is 23.8 Å². The summed E-state index contributed by atoms with van der Waals surface area (Å²) in [5, 5.41) is 18.2. The van der Waals surface area contributed by atoms with Crippen LogP contribution < -0.4 is 0 Å². The molecule has 0 aliphatic carbocycles. The number of benzene rings is 1. The first-order valence-electron chi connectivity index (χ1n) is 6.03. The molecule has 8 heteroatoms. The third-order valence-corrected chi connectivity index (χ3v) is 5.05. The maximum Gasteiger partial charge on any atom is 0.335 e. The number of halogens is 1. The zero-order valence-corrected chi connectivity index (χ0v) is 11.3. The largest absolute Gasteiger partial charge is 0.478 e. The molecule has 2 N–H and O–H groups in total. The number of carboxylic acid groups (broad SMARTS) is 1. The van der Waals surface area contributed by atoms with Crippen molar-refractivity contribution < 1.29 is 27.8 Å². The summed E-state index contributed by atoms with van der Waals surface area (Å²) < 4.78 is 39.4. The fraction of sp³-hybridized carbons (Fsp3) is 0.417. The Morgan fingerprint density at radius 1 is 1.40 bits per heavy atom. The number of aliphatic hydroxyl groups is 1. The van der Waals surface area contributed by atoms with Gasteiger partial charge in [-0.1, -0.05) is 0 Å². The van der Waals surface area contributed by atoms with E-state index >= 15 is 0 Å². The summed E-state index contributed by atoms with van der Waals surface area (Å²) in [4.78, 5) is 10.1. The molecule has 0 aromatic heterocycles. The lowest BCUT2D eigenvalue weighted by Gasteiger charge is -2.29. The van der Waals surface area contributed by atoms with Crippen molar-refractivity contribution in [1.29, 1.82) is 0 Å². The molecule has 20 heavy (non-hydrogen) atoms. The zero-order chi connectivity index (χ0) is 14.9. The van der Waals surface area contributed by atoms with Crippen molar-refractivity contribution in [3.8, 4) is 0 Å².